The molecule has 0 aromatic carbocycles. The van der Waals surface area contributed by atoms with Crippen LogP contribution < -0.4 is 0 Å². The number of hydrogen-bond donors (Lipinski definition) is 0. The first-order valence-electron chi connectivity index (χ1n) is 6.65. The van der Waals surface area contributed by atoms with Crippen molar-refractivity contribution in [3.63, 3.8) is 0 Å². The van der Waals surface area contributed by atoms with Crippen LogP contribution in [0.5, 0.6) is 0 Å². The summed E-state index contributed by atoms with van der Waals surface area (Å²) in [5.41, 5.74) is 1.94. The van der Waals surface area contributed by atoms with E-state index in [1.165, 1.54) is 32.2 Å². The third-order valence-electron chi connectivity index (χ3n) is 5.12. The van der Waals surface area contributed by atoms with E-state index in [0.717, 1.165) is 30.8 Å². The summed E-state index contributed by atoms with van der Waals surface area (Å²) in [6.07, 6.45) is 7.26. The normalized spacial score (nSPS) is 38.9. The van der Waals surface area contributed by atoms with Crippen LogP contribution in [0.25, 0.3) is 0 Å². The molecule has 1 saturated carbocycles. The molecule has 1 aliphatic carbocycles. The zero-order valence-electron chi connectivity index (χ0n) is 10.4. The highest BCUT2D eigenvalue weighted by atomic mass is 19.1. The summed E-state index contributed by atoms with van der Waals surface area (Å²) in [4.78, 5) is 2.59. The van der Waals surface area contributed by atoms with Crippen LogP contribution in [0.4, 0.5) is 4.39 Å². The fourth-order valence-electron chi connectivity index (χ4n) is 4.37. The van der Waals surface area contributed by atoms with E-state index in [9.17, 15) is 4.39 Å². The van der Waals surface area contributed by atoms with E-state index in [2.05, 4.69) is 18.7 Å². The van der Waals surface area contributed by atoms with Gasteiger partial charge in [0.2, 0.25) is 0 Å². The molecule has 3 fully saturated rings. The second kappa shape index (κ2) is 3.32. The second-order valence-corrected chi connectivity index (χ2v) is 6.53. The van der Waals surface area contributed by atoms with Crippen molar-refractivity contribution in [2.24, 2.45) is 11.3 Å². The van der Waals surface area contributed by atoms with Gasteiger partial charge in [0, 0.05) is 12.1 Å². The number of rotatable bonds is 2. The lowest BCUT2D eigenvalue weighted by atomic mass is 9.74. The fourth-order valence-corrected chi connectivity index (χ4v) is 4.37. The molecular formula is C14H22FN. The van der Waals surface area contributed by atoms with Gasteiger partial charge >= 0.3 is 0 Å². The van der Waals surface area contributed by atoms with Crippen molar-refractivity contribution in [1.82, 2.24) is 4.90 Å². The Labute approximate surface area is 97.7 Å². The van der Waals surface area contributed by atoms with Crippen LogP contribution in [0.15, 0.2) is 11.9 Å². The van der Waals surface area contributed by atoms with Crippen molar-refractivity contribution in [3.8, 4) is 0 Å². The van der Waals surface area contributed by atoms with E-state index in [1.54, 1.807) is 0 Å². The molecule has 3 aliphatic rings. The fraction of sp³-hybridized carbons (Fsp3) is 0.857. The van der Waals surface area contributed by atoms with Gasteiger partial charge in [0.05, 0.1) is 6.33 Å². The van der Waals surface area contributed by atoms with E-state index in [0.29, 0.717) is 11.0 Å². The monoisotopic (exact) mass is 223 g/mol. The summed E-state index contributed by atoms with van der Waals surface area (Å²) >= 11 is 0. The van der Waals surface area contributed by atoms with Crippen molar-refractivity contribution in [2.45, 2.75) is 51.5 Å². The average Bonchev–Trinajstić information content (AvgIpc) is 2.87. The Morgan fingerprint density at radius 2 is 2.12 bits per heavy atom. The summed E-state index contributed by atoms with van der Waals surface area (Å²) in [5, 5.41) is 0. The Morgan fingerprint density at radius 3 is 2.69 bits per heavy atom. The lowest BCUT2D eigenvalue weighted by Crippen LogP contribution is -2.45. The number of nitrogens with zero attached hydrogens (tertiary/aromatic N) is 1. The predicted octanol–water partition coefficient (Wildman–Crippen LogP) is 3.51. The summed E-state index contributed by atoms with van der Waals surface area (Å²) in [6.45, 7) is 6.70. The molecule has 0 aromatic rings. The molecule has 3 rings (SSSR count). The first-order valence-corrected chi connectivity index (χ1v) is 6.65. The van der Waals surface area contributed by atoms with Crippen molar-refractivity contribution in [3.05, 3.63) is 11.9 Å². The van der Waals surface area contributed by atoms with Crippen LogP contribution in [0.2, 0.25) is 0 Å². The molecule has 0 amide bonds. The van der Waals surface area contributed by atoms with Gasteiger partial charge in [-0.3, -0.25) is 4.90 Å². The summed E-state index contributed by atoms with van der Waals surface area (Å²) in [6, 6.07) is 0. The molecule has 0 N–H and O–H groups in total. The smallest absolute Gasteiger partial charge is 0.0872 e. The maximum absolute atomic E-state index is 12.8. The number of halogens is 1. The Balaban J connectivity index is 1.94. The number of hydrogen-bond acceptors (Lipinski definition) is 1. The maximum Gasteiger partial charge on any atom is 0.0872 e. The van der Waals surface area contributed by atoms with Crippen LogP contribution in [0.1, 0.15) is 46.0 Å². The lowest BCUT2D eigenvalue weighted by Gasteiger charge is -2.39. The Bertz CT molecular complexity index is 330. The van der Waals surface area contributed by atoms with Gasteiger partial charge < -0.3 is 0 Å². The van der Waals surface area contributed by atoms with Crippen molar-refractivity contribution in [1.29, 1.82) is 0 Å². The highest BCUT2D eigenvalue weighted by molar-refractivity contribution is 5.28. The molecule has 1 spiro atoms. The largest absolute Gasteiger partial charge is 0.293 e. The molecule has 16 heavy (non-hydrogen) atoms. The van der Waals surface area contributed by atoms with Gasteiger partial charge in [0.25, 0.3) is 0 Å². The SMILES string of the molecule is CC(C)C[C@]12C/C(=C\F)CN1CCC21CC1. The minimum Gasteiger partial charge on any atom is -0.293 e. The molecule has 2 aliphatic heterocycles. The number of fused-ring (bicyclic) bond motifs is 2. The van der Waals surface area contributed by atoms with Gasteiger partial charge in [0.15, 0.2) is 0 Å². The van der Waals surface area contributed by atoms with E-state index >= 15 is 0 Å². The molecule has 0 aromatic heterocycles. The summed E-state index contributed by atoms with van der Waals surface area (Å²) in [5.74, 6) is 0.719. The highest BCUT2D eigenvalue weighted by Gasteiger charge is 2.66. The minimum atomic E-state index is 0.332. The quantitative estimate of drug-likeness (QED) is 0.692. The zero-order chi connectivity index (χ0) is 11.4. The summed E-state index contributed by atoms with van der Waals surface area (Å²) < 4.78 is 12.8. The van der Waals surface area contributed by atoms with E-state index in [4.69, 9.17) is 0 Å². The zero-order valence-corrected chi connectivity index (χ0v) is 10.4. The van der Waals surface area contributed by atoms with Gasteiger partial charge in [-0.25, -0.2) is 4.39 Å². The topological polar surface area (TPSA) is 3.24 Å². The van der Waals surface area contributed by atoms with Gasteiger partial charge in [-0.05, 0) is 55.6 Å². The predicted molar refractivity (Wildman–Crippen MR) is 63.9 cm³/mol. The van der Waals surface area contributed by atoms with Crippen molar-refractivity contribution >= 4 is 0 Å². The molecule has 0 unspecified atom stereocenters. The Kier molecular flexibility index (Phi) is 2.23. The van der Waals surface area contributed by atoms with E-state index in [-0.39, 0.29) is 0 Å². The molecular weight excluding hydrogens is 201 g/mol. The standard InChI is InChI=1S/C14H22FN/c1-11(2)7-14-8-12(9-15)10-16(14)6-5-13(14)3-4-13/h9,11H,3-8,10H2,1-2H3/b12-9+/t14-/m1/s1. The van der Waals surface area contributed by atoms with Crippen molar-refractivity contribution < 1.29 is 4.39 Å². The third-order valence-corrected chi connectivity index (χ3v) is 5.12. The molecule has 2 heteroatoms. The van der Waals surface area contributed by atoms with Crippen molar-refractivity contribution in [2.75, 3.05) is 13.1 Å². The molecule has 1 nitrogen and oxygen atoms in total. The van der Waals surface area contributed by atoms with Crippen LogP contribution in [0, 0.1) is 11.3 Å². The minimum absolute atomic E-state index is 0.332. The Morgan fingerprint density at radius 1 is 1.38 bits per heavy atom. The first-order chi connectivity index (χ1) is 7.62. The molecule has 0 bridgehead atoms. The lowest BCUT2D eigenvalue weighted by molar-refractivity contribution is 0.108. The average molecular weight is 223 g/mol. The van der Waals surface area contributed by atoms with E-state index in [1.807, 2.05) is 0 Å². The van der Waals surface area contributed by atoms with Crippen LogP contribution in [-0.4, -0.2) is 23.5 Å². The first kappa shape index (κ1) is 10.8. The molecule has 2 saturated heterocycles. The molecule has 0 radical (unpaired) electrons. The van der Waals surface area contributed by atoms with Gasteiger partial charge in [0.1, 0.15) is 0 Å². The van der Waals surface area contributed by atoms with Gasteiger partial charge in [-0.1, -0.05) is 13.8 Å². The van der Waals surface area contributed by atoms with Crippen LogP contribution in [0.3, 0.4) is 0 Å². The molecule has 2 heterocycles. The van der Waals surface area contributed by atoms with E-state index < -0.39 is 0 Å². The Hall–Kier alpha value is -0.370. The second-order valence-electron chi connectivity index (χ2n) is 6.53. The van der Waals surface area contributed by atoms with Crippen LogP contribution in [-0.2, 0) is 0 Å². The molecule has 1 atom stereocenters. The molecule has 90 valence electrons. The highest BCUT2D eigenvalue weighted by Crippen LogP contribution is 2.68. The summed E-state index contributed by atoms with van der Waals surface area (Å²) in [7, 11) is 0. The van der Waals surface area contributed by atoms with Crippen LogP contribution >= 0.6 is 0 Å². The maximum atomic E-state index is 12.8. The van der Waals surface area contributed by atoms with Gasteiger partial charge in [-0.2, -0.15) is 0 Å². The van der Waals surface area contributed by atoms with Gasteiger partial charge in [-0.15, -0.1) is 0 Å². The third kappa shape index (κ3) is 1.25.